The average Bonchev–Trinajstić information content (AvgIpc) is 2.53. The van der Waals surface area contributed by atoms with Crippen molar-refractivity contribution in [3.05, 3.63) is 42.1 Å². The van der Waals surface area contributed by atoms with Gasteiger partial charge < -0.3 is 9.64 Å². The Hall–Kier alpha value is -1.65. The molecule has 1 aromatic heterocycles. The fourth-order valence-electron chi connectivity index (χ4n) is 2.64. The number of morpholine rings is 1. The second-order valence-corrected chi connectivity index (χ2v) is 5.63. The number of carbonyl (C=O) groups is 1. The van der Waals surface area contributed by atoms with Crippen molar-refractivity contribution in [2.75, 3.05) is 19.0 Å². The Labute approximate surface area is 128 Å². The number of nitrogens with zero attached hydrogens (tertiary/aromatic N) is 2. The quantitative estimate of drug-likeness (QED) is 0.801. The molecule has 21 heavy (non-hydrogen) atoms. The first kappa shape index (κ1) is 14.3. The van der Waals surface area contributed by atoms with E-state index in [0.29, 0.717) is 24.7 Å². The van der Waals surface area contributed by atoms with Crippen molar-refractivity contribution in [1.29, 1.82) is 0 Å². The van der Waals surface area contributed by atoms with E-state index in [1.165, 1.54) is 0 Å². The second-order valence-electron chi connectivity index (χ2n) is 5.32. The molecule has 1 aromatic carbocycles. The van der Waals surface area contributed by atoms with Gasteiger partial charge in [0.2, 0.25) is 0 Å². The topological polar surface area (TPSA) is 42.4 Å². The number of alkyl halides is 1. The number of hydrogen-bond donors (Lipinski definition) is 0. The smallest absolute Gasteiger partial charge is 0.272 e. The van der Waals surface area contributed by atoms with E-state index in [2.05, 4.69) is 4.98 Å². The van der Waals surface area contributed by atoms with Crippen LogP contribution in [0, 0.1) is 0 Å². The van der Waals surface area contributed by atoms with Gasteiger partial charge in [-0.2, -0.15) is 0 Å². The van der Waals surface area contributed by atoms with Crippen molar-refractivity contribution in [1.82, 2.24) is 9.88 Å². The Bertz CT molecular complexity index is 662. The highest BCUT2D eigenvalue weighted by Crippen LogP contribution is 2.17. The van der Waals surface area contributed by atoms with Crippen molar-refractivity contribution in [3.8, 4) is 0 Å². The number of aromatic nitrogens is 1. The zero-order chi connectivity index (χ0) is 14.8. The normalized spacial score (nSPS) is 22.5. The number of halogens is 1. The fraction of sp³-hybridized carbons (Fsp3) is 0.375. The highest BCUT2D eigenvalue weighted by Gasteiger charge is 2.29. The minimum atomic E-state index is -0.111. The molecule has 1 aliphatic heterocycles. The van der Waals surface area contributed by atoms with Crippen LogP contribution in [0.1, 0.15) is 17.4 Å². The summed E-state index contributed by atoms with van der Waals surface area (Å²) in [7, 11) is 0. The van der Waals surface area contributed by atoms with Gasteiger partial charge in [-0.25, -0.2) is 4.98 Å². The van der Waals surface area contributed by atoms with Gasteiger partial charge >= 0.3 is 0 Å². The average molecular weight is 305 g/mol. The molecule has 0 N–H and O–H groups in total. The Morgan fingerprint density at radius 2 is 2.14 bits per heavy atom. The van der Waals surface area contributed by atoms with Crippen LogP contribution in [0.2, 0.25) is 0 Å². The molecule has 1 aliphatic rings. The van der Waals surface area contributed by atoms with E-state index in [1.54, 1.807) is 11.0 Å². The van der Waals surface area contributed by atoms with Crippen molar-refractivity contribution >= 4 is 28.4 Å². The second kappa shape index (κ2) is 6.00. The summed E-state index contributed by atoms with van der Waals surface area (Å²) in [6, 6.07) is 11.5. The zero-order valence-electron chi connectivity index (χ0n) is 11.8. The molecule has 110 valence electrons. The van der Waals surface area contributed by atoms with E-state index in [9.17, 15) is 4.79 Å². The number of fused-ring (bicyclic) bond motifs is 1. The number of benzene rings is 1. The van der Waals surface area contributed by atoms with Gasteiger partial charge in [-0.15, -0.1) is 11.6 Å². The number of amides is 1. The number of carbonyl (C=O) groups excluding carboxylic acids is 1. The zero-order valence-corrected chi connectivity index (χ0v) is 12.6. The summed E-state index contributed by atoms with van der Waals surface area (Å²) in [6.07, 6.45) is -0.119. The standard InChI is InChI=1S/C16H17ClN2O2/c1-11-9-19(10-13(8-17)21-11)16(20)15-7-6-12-4-2-3-5-14(12)18-15/h2-7,11,13H,8-10H2,1H3. The largest absolute Gasteiger partial charge is 0.370 e. The maximum Gasteiger partial charge on any atom is 0.272 e. The SMILES string of the molecule is CC1CN(C(=O)c2ccc3ccccc3n2)CC(CCl)O1. The van der Waals surface area contributed by atoms with Crippen LogP contribution >= 0.6 is 11.6 Å². The van der Waals surface area contributed by atoms with E-state index in [4.69, 9.17) is 16.3 Å². The molecule has 5 heteroatoms. The van der Waals surface area contributed by atoms with E-state index in [0.717, 1.165) is 10.9 Å². The van der Waals surface area contributed by atoms with E-state index >= 15 is 0 Å². The molecule has 0 radical (unpaired) electrons. The molecule has 0 spiro atoms. The molecule has 0 bridgehead atoms. The van der Waals surface area contributed by atoms with E-state index in [1.807, 2.05) is 37.3 Å². The minimum Gasteiger partial charge on any atom is -0.370 e. The van der Waals surface area contributed by atoms with Crippen molar-refractivity contribution in [3.63, 3.8) is 0 Å². The predicted molar refractivity (Wildman–Crippen MR) is 82.7 cm³/mol. The van der Waals surface area contributed by atoms with Crippen LogP contribution < -0.4 is 0 Å². The Morgan fingerprint density at radius 1 is 1.33 bits per heavy atom. The van der Waals surface area contributed by atoms with Crippen molar-refractivity contribution in [2.45, 2.75) is 19.1 Å². The molecule has 4 nitrogen and oxygen atoms in total. The van der Waals surface area contributed by atoms with Crippen LogP contribution in [-0.4, -0.2) is 47.0 Å². The van der Waals surface area contributed by atoms with E-state index < -0.39 is 0 Å². The van der Waals surface area contributed by atoms with Gasteiger partial charge in [0, 0.05) is 18.5 Å². The molecular weight excluding hydrogens is 288 g/mol. The molecule has 1 fully saturated rings. The minimum absolute atomic E-state index is 0.00749. The number of para-hydroxylation sites is 1. The van der Waals surface area contributed by atoms with Gasteiger partial charge in [0.15, 0.2) is 0 Å². The maximum atomic E-state index is 12.6. The predicted octanol–water partition coefficient (Wildman–Crippen LogP) is 2.70. The third-order valence-electron chi connectivity index (χ3n) is 3.60. The van der Waals surface area contributed by atoms with Gasteiger partial charge in [-0.05, 0) is 19.1 Å². The third-order valence-corrected chi connectivity index (χ3v) is 3.95. The lowest BCUT2D eigenvalue weighted by Crippen LogP contribution is -2.49. The molecular formula is C16H17ClN2O2. The highest BCUT2D eigenvalue weighted by molar-refractivity contribution is 6.18. The fourth-order valence-corrected chi connectivity index (χ4v) is 2.81. The van der Waals surface area contributed by atoms with Crippen LogP contribution in [0.3, 0.4) is 0 Å². The summed E-state index contributed by atoms with van der Waals surface area (Å²) < 4.78 is 5.68. The number of rotatable bonds is 2. The number of pyridine rings is 1. The van der Waals surface area contributed by atoms with E-state index in [-0.39, 0.29) is 18.1 Å². The highest BCUT2D eigenvalue weighted by atomic mass is 35.5. The van der Waals surface area contributed by atoms with Crippen LogP contribution in [0.25, 0.3) is 10.9 Å². The Balaban J connectivity index is 1.85. The molecule has 2 unspecified atom stereocenters. The molecule has 2 atom stereocenters. The van der Waals surface area contributed by atoms with Gasteiger partial charge in [0.1, 0.15) is 5.69 Å². The molecule has 2 heterocycles. The first-order valence-corrected chi connectivity index (χ1v) is 7.57. The van der Waals surface area contributed by atoms with Crippen molar-refractivity contribution in [2.24, 2.45) is 0 Å². The van der Waals surface area contributed by atoms with Gasteiger partial charge in [-0.1, -0.05) is 24.3 Å². The third kappa shape index (κ3) is 3.01. The number of hydrogen-bond acceptors (Lipinski definition) is 3. The van der Waals surface area contributed by atoms with Crippen LogP contribution in [0.15, 0.2) is 36.4 Å². The lowest BCUT2D eigenvalue weighted by molar-refractivity contribution is -0.0571. The summed E-state index contributed by atoms with van der Waals surface area (Å²) in [5, 5.41) is 1.03. The van der Waals surface area contributed by atoms with Crippen LogP contribution in [0.4, 0.5) is 0 Å². The molecule has 1 saturated heterocycles. The molecule has 2 aromatic rings. The Morgan fingerprint density at radius 3 is 2.95 bits per heavy atom. The van der Waals surface area contributed by atoms with Crippen LogP contribution in [-0.2, 0) is 4.74 Å². The Kier molecular flexibility index (Phi) is 4.08. The monoisotopic (exact) mass is 304 g/mol. The maximum absolute atomic E-state index is 12.6. The molecule has 1 amide bonds. The summed E-state index contributed by atoms with van der Waals surface area (Å²) in [4.78, 5) is 18.9. The molecule has 0 aliphatic carbocycles. The van der Waals surface area contributed by atoms with Crippen molar-refractivity contribution < 1.29 is 9.53 Å². The van der Waals surface area contributed by atoms with Gasteiger partial charge in [0.05, 0.1) is 23.6 Å². The first-order valence-electron chi connectivity index (χ1n) is 7.04. The summed E-state index contributed by atoms with van der Waals surface area (Å²) >= 11 is 5.86. The molecule has 0 saturated carbocycles. The molecule has 3 rings (SSSR count). The summed E-state index contributed by atoms with van der Waals surface area (Å²) in [6.45, 7) is 3.04. The van der Waals surface area contributed by atoms with Gasteiger partial charge in [-0.3, -0.25) is 4.79 Å². The van der Waals surface area contributed by atoms with Crippen LogP contribution in [0.5, 0.6) is 0 Å². The number of ether oxygens (including phenoxy) is 1. The lowest BCUT2D eigenvalue weighted by Gasteiger charge is -2.35. The summed E-state index contributed by atoms with van der Waals surface area (Å²) in [5.41, 5.74) is 1.30. The lowest BCUT2D eigenvalue weighted by atomic mass is 10.1. The van der Waals surface area contributed by atoms with Gasteiger partial charge in [0.25, 0.3) is 5.91 Å². The first-order chi connectivity index (χ1) is 10.2. The summed E-state index contributed by atoms with van der Waals surface area (Å²) in [5.74, 6) is 0.324.